The summed E-state index contributed by atoms with van der Waals surface area (Å²) in [5, 5.41) is 0. The summed E-state index contributed by atoms with van der Waals surface area (Å²) >= 11 is 2.02. The number of hydrogen-bond acceptors (Lipinski definition) is 3. The summed E-state index contributed by atoms with van der Waals surface area (Å²) in [5.41, 5.74) is 0. The van der Waals surface area contributed by atoms with Gasteiger partial charge in [0.25, 0.3) is 0 Å². The van der Waals surface area contributed by atoms with E-state index >= 15 is 0 Å². The topological polar surface area (TPSA) is 18.5 Å². The van der Waals surface area contributed by atoms with Gasteiger partial charge in [0, 0.05) is 6.42 Å². The highest BCUT2D eigenvalue weighted by atomic mass is 32.2. The van der Waals surface area contributed by atoms with Gasteiger partial charge in [-0.15, -0.1) is 0 Å². The van der Waals surface area contributed by atoms with Crippen molar-refractivity contribution in [2.75, 3.05) is 24.7 Å². The first kappa shape index (κ1) is 12.3. The molecular weight excluding hydrogens is 196 g/mol. The molecule has 0 spiro atoms. The lowest BCUT2D eigenvalue weighted by atomic mass is 10.2. The molecule has 0 aromatic heterocycles. The summed E-state index contributed by atoms with van der Waals surface area (Å²) in [6, 6.07) is 0. The smallest absolute Gasteiger partial charge is 0.158 e. The summed E-state index contributed by atoms with van der Waals surface area (Å²) in [4.78, 5) is 0. The summed E-state index contributed by atoms with van der Waals surface area (Å²) in [5.74, 6) is 3.26. The van der Waals surface area contributed by atoms with Crippen LogP contribution in [0, 0.1) is 5.92 Å². The van der Waals surface area contributed by atoms with E-state index in [-0.39, 0.29) is 6.29 Å². The Morgan fingerprint density at radius 3 is 2.57 bits per heavy atom. The maximum atomic E-state index is 5.47. The third-order valence-corrected chi connectivity index (χ3v) is 3.28. The number of ether oxygens (including phenoxy) is 2. The second-order valence-corrected chi connectivity index (χ2v) is 5.33. The molecule has 84 valence electrons. The quantitative estimate of drug-likeness (QED) is 0.639. The van der Waals surface area contributed by atoms with Gasteiger partial charge in [0.2, 0.25) is 0 Å². The van der Waals surface area contributed by atoms with Crippen molar-refractivity contribution in [1.29, 1.82) is 0 Å². The Labute approximate surface area is 91.7 Å². The number of thioether (sulfide) groups is 1. The lowest BCUT2D eigenvalue weighted by Gasteiger charge is -2.22. The third-order valence-electron chi connectivity index (χ3n) is 2.23. The zero-order valence-corrected chi connectivity index (χ0v) is 10.1. The van der Waals surface area contributed by atoms with Crippen molar-refractivity contribution in [3.05, 3.63) is 0 Å². The van der Waals surface area contributed by atoms with E-state index in [0.29, 0.717) is 0 Å². The van der Waals surface area contributed by atoms with Gasteiger partial charge in [0.1, 0.15) is 0 Å². The van der Waals surface area contributed by atoms with Crippen LogP contribution in [0.2, 0.25) is 0 Å². The summed E-state index contributed by atoms with van der Waals surface area (Å²) in [6.45, 7) is 6.30. The fraction of sp³-hybridized carbons (Fsp3) is 1.00. The summed E-state index contributed by atoms with van der Waals surface area (Å²) < 4.78 is 10.9. The molecule has 0 aromatic carbocycles. The first-order chi connectivity index (χ1) is 6.79. The van der Waals surface area contributed by atoms with Crippen molar-refractivity contribution >= 4 is 11.8 Å². The van der Waals surface area contributed by atoms with Gasteiger partial charge >= 0.3 is 0 Å². The van der Waals surface area contributed by atoms with E-state index in [1.54, 1.807) is 0 Å². The third kappa shape index (κ3) is 5.89. The van der Waals surface area contributed by atoms with Crippen molar-refractivity contribution < 1.29 is 9.47 Å². The van der Waals surface area contributed by atoms with Crippen LogP contribution >= 0.6 is 11.8 Å². The highest BCUT2D eigenvalue weighted by Gasteiger charge is 2.13. The Kier molecular flexibility index (Phi) is 6.65. The van der Waals surface area contributed by atoms with Gasteiger partial charge in [0.05, 0.1) is 13.2 Å². The maximum Gasteiger partial charge on any atom is 0.158 e. The zero-order valence-electron chi connectivity index (χ0n) is 9.33. The van der Waals surface area contributed by atoms with E-state index in [2.05, 4.69) is 13.8 Å². The molecule has 0 atom stereocenters. The van der Waals surface area contributed by atoms with E-state index in [4.69, 9.17) is 9.47 Å². The Morgan fingerprint density at radius 1 is 1.21 bits per heavy atom. The van der Waals surface area contributed by atoms with Crippen LogP contribution in [0.4, 0.5) is 0 Å². The SMILES string of the molecule is CC(C)CCSCCC1OCCCO1. The first-order valence-electron chi connectivity index (χ1n) is 5.60. The first-order valence-corrected chi connectivity index (χ1v) is 6.75. The summed E-state index contributed by atoms with van der Waals surface area (Å²) in [6.07, 6.45) is 3.49. The van der Waals surface area contributed by atoms with Crippen LogP contribution in [0.1, 0.15) is 33.1 Å². The molecule has 1 saturated heterocycles. The molecule has 0 N–H and O–H groups in total. The molecule has 0 bridgehead atoms. The van der Waals surface area contributed by atoms with E-state index in [0.717, 1.165) is 37.7 Å². The van der Waals surface area contributed by atoms with Gasteiger partial charge in [-0.1, -0.05) is 13.8 Å². The van der Waals surface area contributed by atoms with Crippen LogP contribution in [0.3, 0.4) is 0 Å². The fourth-order valence-electron chi connectivity index (χ4n) is 1.30. The monoisotopic (exact) mass is 218 g/mol. The van der Waals surface area contributed by atoms with Gasteiger partial charge < -0.3 is 9.47 Å². The largest absolute Gasteiger partial charge is 0.353 e. The minimum Gasteiger partial charge on any atom is -0.353 e. The molecule has 1 aliphatic rings. The van der Waals surface area contributed by atoms with Gasteiger partial charge in [0.15, 0.2) is 6.29 Å². The Bertz CT molecular complexity index is 133. The molecular formula is C11H22O2S. The van der Waals surface area contributed by atoms with Crippen LogP contribution < -0.4 is 0 Å². The molecule has 2 nitrogen and oxygen atoms in total. The van der Waals surface area contributed by atoms with E-state index in [9.17, 15) is 0 Å². The van der Waals surface area contributed by atoms with Crippen LogP contribution in [-0.2, 0) is 9.47 Å². The van der Waals surface area contributed by atoms with Crippen LogP contribution in [0.25, 0.3) is 0 Å². The molecule has 3 heteroatoms. The molecule has 0 aromatic rings. The number of hydrogen-bond donors (Lipinski definition) is 0. The molecule has 1 aliphatic heterocycles. The predicted molar refractivity (Wildman–Crippen MR) is 61.7 cm³/mol. The van der Waals surface area contributed by atoms with Gasteiger partial charge in [-0.3, -0.25) is 0 Å². The molecule has 1 fully saturated rings. The van der Waals surface area contributed by atoms with Gasteiger partial charge in [-0.25, -0.2) is 0 Å². The highest BCUT2D eigenvalue weighted by molar-refractivity contribution is 7.99. The van der Waals surface area contributed by atoms with Crippen molar-refractivity contribution in [3.63, 3.8) is 0 Å². The molecule has 0 saturated carbocycles. The molecule has 0 amide bonds. The standard InChI is InChI=1S/C11H22O2S/c1-10(2)4-8-14-9-5-11-12-6-3-7-13-11/h10-11H,3-9H2,1-2H3. The molecule has 0 aliphatic carbocycles. The molecule has 0 unspecified atom stereocenters. The molecule has 14 heavy (non-hydrogen) atoms. The lowest BCUT2D eigenvalue weighted by Crippen LogP contribution is -2.25. The van der Waals surface area contributed by atoms with Crippen LogP contribution in [0.15, 0.2) is 0 Å². The molecule has 1 heterocycles. The Morgan fingerprint density at radius 2 is 1.93 bits per heavy atom. The second kappa shape index (κ2) is 7.55. The summed E-state index contributed by atoms with van der Waals surface area (Å²) in [7, 11) is 0. The van der Waals surface area contributed by atoms with E-state index in [1.807, 2.05) is 11.8 Å². The normalized spacial score (nSPS) is 19.1. The van der Waals surface area contributed by atoms with Crippen molar-refractivity contribution in [2.45, 2.75) is 39.4 Å². The minimum absolute atomic E-state index is 0.0790. The lowest BCUT2D eigenvalue weighted by molar-refractivity contribution is -0.178. The predicted octanol–water partition coefficient (Wildman–Crippen LogP) is 2.92. The van der Waals surface area contributed by atoms with Crippen LogP contribution in [0.5, 0.6) is 0 Å². The average molecular weight is 218 g/mol. The molecule has 1 rings (SSSR count). The number of rotatable bonds is 6. The van der Waals surface area contributed by atoms with E-state index < -0.39 is 0 Å². The maximum absolute atomic E-state index is 5.47. The minimum atomic E-state index is 0.0790. The second-order valence-electron chi connectivity index (χ2n) is 4.11. The van der Waals surface area contributed by atoms with E-state index in [1.165, 1.54) is 12.2 Å². The van der Waals surface area contributed by atoms with Crippen LogP contribution in [-0.4, -0.2) is 31.0 Å². The van der Waals surface area contributed by atoms with Gasteiger partial charge in [-0.2, -0.15) is 11.8 Å². The van der Waals surface area contributed by atoms with Crippen molar-refractivity contribution in [1.82, 2.24) is 0 Å². The van der Waals surface area contributed by atoms with Gasteiger partial charge in [-0.05, 0) is 30.3 Å². The fourth-order valence-corrected chi connectivity index (χ4v) is 2.51. The average Bonchev–Trinajstić information content (AvgIpc) is 2.18. The van der Waals surface area contributed by atoms with Crippen molar-refractivity contribution in [3.8, 4) is 0 Å². The zero-order chi connectivity index (χ0) is 10.2. The van der Waals surface area contributed by atoms with Crippen molar-refractivity contribution in [2.24, 2.45) is 5.92 Å². The highest BCUT2D eigenvalue weighted by Crippen LogP contribution is 2.14. The molecule has 0 radical (unpaired) electrons. The Hall–Kier alpha value is 0.270. The Balaban J connectivity index is 1.87.